The normalized spacial score (nSPS) is 15.9. The van der Waals surface area contributed by atoms with Gasteiger partial charge >= 0.3 is 5.97 Å². The van der Waals surface area contributed by atoms with Crippen molar-refractivity contribution in [2.45, 2.75) is 19.1 Å². The lowest BCUT2D eigenvalue weighted by molar-refractivity contribution is -0.137. The fourth-order valence-electron chi connectivity index (χ4n) is 1.70. The zero-order chi connectivity index (χ0) is 12.4. The molecular weight excluding hydrogens is 229 g/mol. The molecule has 0 fully saturated rings. The molecule has 1 aromatic rings. The molecule has 0 bridgehead atoms. The van der Waals surface area contributed by atoms with E-state index in [1.807, 2.05) is 0 Å². The van der Waals surface area contributed by atoms with Crippen LogP contribution in [-0.4, -0.2) is 17.9 Å². The summed E-state index contributed by atoms with van der Waals surface area (Å²) in [6, 6.07) is 1.83. The van der Waals surface area contributed by atoms with Gasteiger partial charge in [-0.3, -0.25) is 4.79 Å². The summed E-state index contributed by atoms with van der Waals surface area (Å²) in [6.45, 7) is 0.382. The highest BCUT2D eigenvalue weighted by molar-refractivity contribution is 5.68. The lowest BCUT2D eigenvalue weighted by atomic mass is 10.0. The van der Waals surface area contributed by atoms with Gasteiger partial charge in [-0.15, -0.1) is 0 Å². The van der Waals surface area contributed by atoms with Crippen LogP contribution in [0.3, 0.4) is 0 Å². The minimum Gasteiger partial charge on any atom is -0.481 e. The molecule has 0 saturated carbocycles. The number of carbonyl (C=O) groups is 1. The molecule has 0 spiro atoms. The number of hydrogen-bond acceptors (Lipinski definition) is 4. The number of carboxylic acid groups (broad SMARTS) is 1. The first-order valence-electron chi connectivity index (χ1n) is 5.08. The fourth-order valence-corrected chi connectivity index (χ4v) is 1.70. The van der Waals surface area contributed by atoms with E-state index in [1.54, 1.807) is 0 Å². The Morgan fingerprint density at radius 1 is 1.59 bits per heavy atom. The van der Waals surface area contributed by atoms with Crippen LogP contribution < -0.4 is 10.5 Å². The fraction of sp³-hybridized carbons (Fsp3) is 0.364. The minimum absolute atomic E-state index is 0.103. The van der Waals surface area contributed by atoms with E-state index in [0.717, 1.165) is 0 Å². The second-order valence-corrected chi connectivity index (χ2v) is 3.80. The molecular formula is C11H12FNO4. The van der Waals surface area contributed by atoms with Crippen molar-refractivity contribution in [1.29, 1.82) is 0 Å². The van der Waals surface area contributed by atoms with Crippen LogP contribution in [0.2, 0.25) is 0 Å². The Hall–Kier alpha value is -1.66. The topological polar surface area (TPSA) is 81.8 Å². The van der Waals surface area contributed by atoms with Crippen LogP contribution in [0.15, 0.2) is 12.1 Å². The van der Waals surface area contributed by atoms with Crippen LogP contribution in [0, 0.1) is 5.82 Å². The minimum atomic E-state index is -1.07. The first-order valence-corrected chi connectivity index (χ1v) is 5.08. The predicted molar refractivity (Wildman–Crippen MR) is 55.9 cm³/mol. The summed E-state index contributed by atoms with van der Waals surface area (Å²) < 4.78 is 23.9. The predicted octanol–water partition coefficient (Wildman–Crippen LogP) is 1.17. The van der Waals surface area contributed by atoms with Gasteiger partial charge in [0.25, 0.3) is 0 Å². The van der Waals surface area contributed by atoms with Crippen molar-refractivity contribution in [3.8, 4) is 5.75 Å². The molecule has 1 heterocycles. The maximum atomic E-state index is 13.7. The standard InChI is InChI=1S/C11H12FNO4/c12-8-1-6-4-16-5-17-10(6)2-7(8)9(13)3-11(14)15/h1-2,9H,3-5,13H2,(H,14,15). The average molecular weight is 241 g/mol. The highest BCUT2D eigenvalue weighted by atomic mass is 19.1. The highest BCUT2D eigenvalue weighted by Gasteiger charge is 2.20. The molecule has 1 aromatic carbocycles. The largest absolute Gasteiger partial charge is 0.481 e. The van der Waals surface area contributed by atoms with E-state index in [4.69, 9.17) is 20.3 Å². The van der Waals surface area contributed by atoms with Gasteiger partial charge in [0, 0.05) is 17.2 Å². The van der Waals surface area contributed by atoms with Gasteiger partial charge in [-0.25, -0.2) is 4.39 Å². The number of halogens is 1. The van der Waals surface area contributed by atoms with Crippen LogP contribution in [0.1, 0.15) is 23.6 Å². The summed E-state index contributed by atoms with van der Waals surface area (Å²) >= 11 is 0. The molecule has 1 aliphatic heterocycles. The van der Waals surface area contributed by atoms with E-state index < -0.39 is 17.8 Å². The van der Waals surface area contributed by atoms with Crippen molar-refractivity contribution >= 4 is 5.97 Å². The molecule has 1 aliphatic rings. The number of fused-ring (bicyclic) bond motifs is 1. The number of hydrogen-bond donors (Lipinski definition) is 2. The van der Waals surface area contributed by atoms with E-state index in [0.29, 0.717) is 11.3 Å². The molecule has 0 aromatic heterocycles. The third-order valence-electron chi connectivity index (χ3n) is 2.53. The molecule has 0 amide bonds. The molecule has 17 heavy (non-hydrogen) atoms. The van der Waals surface area contributed by atoms with Crippen LogP contribution in [0.25, 0.3) is 0 Å². The zero-order valence-electron chi connectivity index (χ0n) is 8.98. The molecule has 0 aliphatic carbocycles. The molecule has 0 radical (unpaired) electrons. The van der Waals surface area contributed by atoms with E-state index in [9.17, 15) is 9.18 Å². The Morgan fingerprint density at radius 3 is 3.06 bits per heavy atom. The second-order valence-electron chi connectivity index (χ2n) is 3.80. The van der Waals surface area contributed by atoms with Crippen molar-refractivity contribution in [1.82, 2.24) is 0 Å². The van der Waals surface area contributed by atoms with Gasteiger partial charge in [-0.05, 0) is 12.1 Å². The first-order chi connectivity index (χ1) is 8.08. The summed E-state index contributed by atoms with van der Waals surface area (Å²) in [5.41, 5.74) is 6.37. The molecule has 1 unspecified atom stereocenters. The lowest BCUT2D eigenvalue weighted by Crippen LogP contribution is -2.18. The van der Waals surface area contributed by atoms with E-state index in [1.165, 1.54) is 12.1 Å². The third-order valence-corrected chi connectivity index (χ3v) is 2.53. The molecule has 2 rings (SSSR count). The monoisotopic (exact) mass is 241 g/mol. The van der Waals surface area contributed by atoms with E-state index >= 15 is 0 Å². The molecule has 6 heteroatoms. The van der Waals surface area contributed by atoms with Crippen molar-refractivity contribution in [2.24, 2.45) is 5.73 Å². The maximum absolute atomic E-state index is 13.7. The number of aliphatic carboxylic acids is 1. The van der Waals surface area contributed by atoms with E-state index in [2.05, 4.69) is 0 Å². The van der Waals surface area contributed by atoms with Gasteiger partial charge in [-0.1, -0.05) is 0 Å². The summed E-state index contributed by atoms with van der Waals surface area (Å²) in [5, 5.41) is 8.62. The molecule has 3 N–H and O–H groups in total. The number of rotatable bonds is 3. The van der Waals surface area contributed by atoms with Crippen LogP contribution in [-0.2, 0) is 16.1 Å². The Morgan fingerprint density at radius 2 is 2.35 bits per heavy atom. The van der Waals surface area contributed by atoms with Gasteiger partial charge in [0.2, 0.25) is 0 Å². The lowest BCUT2D eigenvalue weighted by Gasteiger charge is -2.20. The van der Waals surface area contributed by atoms with Crippen molar-refractivity contribution in [3.63, 3.8) is 0 Å². The summed E-state index contributed by atoms with van der Waals surface area (Å²) in [7, 11) is 0. The molecule has 0 saturated heterocycles. The van der Waals surface area contributed by atoms with Gasteiger partial charge in [0.1, 0.15) is 11.6 Å². The van der Waals surface area contributed by atoms with Crippen LogP contribution in [0.4, 0.5) is 4.39 Å². The van der Waals surface area contributed by atoms with Gasteiger partial charge < -0.3 is 20.3 Å². The highest BCUT2D eigenvalue weighted by Crippen LogP contribution is 2.30. The third kappa shape index (κ3) is 2.54. The summed E-state index contributed by atoms with van der Waals surface area (Å²) in [6.07, 6.45) is -0.327. The average Bonchev–Trinajstić information content (AvgIpc) is 2.27. The van der Waals surface area contributed by atoms with Crippen molar-refractivity contribution in [3.05, 3.63) is 29.1 Å². The van der Waals surface area contributed by atoms with Crippen LogP contribution >= 0.6 is 0 Å². The second kappa shape index (κ2) is 4.68. The summed E-state index contributed by atoms with van der Waals surface area (Å²) in [5.74, 6) is -1.11. The Labute approximate surface area is 96.9 Å². The Bertz CT molecular complexity index is 449. The molecule has 92 valence electrons. The van der Waals surface area contributed by atoms with Gasteiger partial charge in [0.15, 0.2) is 6.79 Å². The maximum Gasteiger partial charge on any atom is 0.305 e. The molecule has 5 nitrogen and oxygen atoms in total. The van der Waals surface area contributed by atoms with Crippen LogP contribution in [0.5, 0.6) is 5.75 Å². The molecule has 1 atom stereocenters. The number of benzene rings is 1. The van der Waals surface area contributed by atoms with Crippen molar-refractivity contribution in [2.75, 3.05) is 6.79 Å². The Kier molecular flexibility index (Phi) is 3.26. The number of nitrogens with two attached hydrogens (primary N) is 1. The smallest absolute Gasteiger partial charge is 0.305 e. The number of carboxylic acids is 1. The van der Waals surface area contributed by atoms with E-state index in [-0.39, 0.29) is 25.4 Å². The zero-order valence-corrected chi connectivity index (χ0v) is 8.98. The SMILES string of the molecule is NC(CC(=O)O)c1cc2c(cc1F)COCO2. The summed E-state index contributed by atoms with van der Waals surface area (Å²) in [4.78, 5) is 10.5. The first kappa shape index (κ1) is 11.8. The number of ether oxygens (including phenoxy) is 2. The van der Waals surface area contributed by atoms with Gasteiger partial charge in [-0.2, -0.15) is 0 Å². The van der Waals surface area contributed by atoms with Gasteiger partial charge in [0.05, 0.1) is 13.0 Å². The Balaban J connectivity index is 2.31. The van der Waals surface area contributed by atoms with Crippen molar-refractivity contribution < 1.29 is 23.8 Å². The quantitative estimate of drug-likeness (QED) is 0.830.